The Morgan fingerprint density at radius 1 is 1.00 bits per heavy atom. The fraction of sp³-hybridized carbons (Fsp3) is 0.143. The maximum atomic E-state index is 12.7. The van der Waals surface area contributed by atoms with Gasteiger partial charge in [0.05, 0.1) is 20.8 Å². The molecule has 0 unspecified atom stereocenters. The van der Waals surface area contributed by atoms with Crippen LogP contribution in [-0.4, -0.2) is 24.8 Å². The van der Waals surface area contributed by atoms with Crippen LogP contribution in [0.3, 0.4) is 0 Å². The lowest BCUT2D eigenvalue weighted by Gasteiger charge is -2.12. The number of carbonyl (C=O) groups excluding carboxylic acids is 1. The summed E-state index contributed by atoms with van der Waals surface area (Å²) in [6.45, 7) is 0.310. The van der Waals surface area contributed by atoms with E-state index in [1.54, 1.807) is 31.5 Å². The van der Waals surface area contributed by atoms with Crippen LogP contribution in [0.4, 0.5) is 0 Å². The van der Waals surface area contributed by atoms with Gasteiger partial charge >= 0.3 is 5.97 Å². The minimum Gasteiger partial charge on any atom is -0.497 e. The minimum absolute atomic E-state index is 0.0141. The van der Waals surface area contributed by atoms with E-state index in [0.717, 1.165) is 22.4 Å². The molecule has 0 aliphatic rings. The van der Waals surface area contributed by atoms with Gasteiger partial charge in [-0.2, -0.15) is 0 Å². The zero-order valence-corrected chi connectivity index (χ0v) is 15.7. The van der Waals surface area contributed by atoms with Crippen molar-refractivity contribution in [1.29, 1.82) is 0 Å². The number of hydrogen-bond acceptors (Lipinski definition) is 4. The monoisotopic (exact) mass is 383 g/mol. The SMILES string of the molecule is COC(=O)c1cc(-c2ccc(OC)cc2)cn(Cc2ccc(Cl)cc2)c1=O. The van der Waals surface area contributed by atoms with Gasteiger partial charge in [-0.25, -0.2) is 4.79 Å². The van der Waals surface area contributed by atoms with Crippen molar-refractivity contribution in [2.45, 2.75) is 6.54 Å². The molecule has 0 N–H and O–H groups in total. The van der Waals surface area contributed by atoms with Gasteiger partial charge in [-0.05, 0) is 47.0 Å². The molecule has 0 saturated heterocycles. The molecule has 27 heavy (non-hydrogen) atoms. The van der Waals surface area contributed by atoms with E-state index in [0.29, 0.717) is 11.6 Å². The highest BCUT2D eigenvalue weighted by molar-refractivity contribution is 6.30. The van der Waals surface area contributed by atoms with Crippen LogP contribution in [-0.2, 0) is 11.3 Å². The highest BCUT2D eigenvalue weighted by atomic mass is 35.5. The van der Waals surface area contributed by atoms with Gasteiger partial charge in [0, 0.05) is 11.2 Å². The second kappa shape index (κ2) is 8.10. The molecule has 0 aliphatic carbocycles. The molecular formula is C21H18ClNO4. The molecule has 0 atom stereocenters. The Hall–Kier alpha value is -3.05. The third-order valence-corrected chi connectivity index (χ3v) is 4.43. The van der Waals surface area contributed by atoms with Crippen LogP contribution in [0.15, 0.2) is 65.6 Å². The van der Waals surface area contributed by atoms with Crippen LogP contribution in [0.2, 0.25) is 5.02 Å². The maximum Gasteiger partial charge on any atom is 0.343 e. The molecule has 1 heterocycles. The molecule has 0 saturated carbocycles. The number of carbonyl (C=O) groups is 1. The van der Waals surface area contributed by atoms with E-state index in [9.17, 15) is 9.59 Å². The highest BCUT2D eigenvalue weighted by Crippen LogP contribution is 2.23. The molecule has 0 radical (unpaired) electrons. The van der Waals surface area contributed by atoms with Crippen LogP contribution in [0.5, 0.6) is 5.75 Å². The lowest BCUT2D eigenvalue weighted by atomic mass is 10.1. The van der Waals surface area contributed by atoms with Gasteiger partial charge in [0.2, 0.25) is 0 Å². The summed E-state index contributed by atoms with van der Waals surface area (Å²) >= 11 is 5.92. The fourth-order valence-corrected chi connectivity index (χ4v) is 2.86. The van der Waals surface area contributed by atoms with E-state index in [4.69, 9.17) is 21.1 Å². The largest absolute Gasteiger partial charge is 0.497 e. The minimum atomic E-state index is -0.666. The van der Waals surface area contributed by atoms with Gasteiger partial charge in [-0.3, -0.25) is 4.79 Å². The average molecular weight is 384 g/mol. The van der Waals surface area contributed by atoms with Gasteiger partial charge in [-0.1, -0.05) is 35.9 Å². The van der Waals surface area contributed by atoms with Crippen molar-refractivity contribution in [2.24, 2.45) is 0 Å². The molecular weight excluding hydrogens is 366 g/mol. The molecule has 5 nitrogen and oxygen atoms in total. The van der Waals surface area contributed by atoms with Crippen molar-refractivity contribution in [1.82, 2.24) is 4.57 Å². The lowest BCUT2D eigenvalue weighted by Crippen LogP contribution is -2.27. The first-order valence-corrected chi connectivity index (χ1v) is 8.61. The van der Waals surface area contributed by atoms with Gasteiger partial charge in [0.15, 0.2) is 0 Å². The number of halogens is 1. The number of benzene rings is 2. The van der Waals surface area contributed by atoms with Gasteiger partial charge in [-0.15, -0.1) is 0 Å². The predicted octanol–water partition coefficient (Wildman–Crippen LogP) is 4.01. The third-order valence-electron chi connectivity index (χ3n) is 4.18. The molecule has 0 fully saturated rings. The van der Waals surface area contributed by atoms with Crippen LogP contribution in [0.25, 0.3) is 11.1 Å². The number of methoxy groups -OCH3 is 2. The molecule has 1 aromatic heterocycles. The van der Waals surface area contributed by atoms with Crippen LogP contribution < -0.4 is 10.3 Å². The Bertz CT molecular complexity index is 1010. The van der Waals surface area contributed by atoms with Crippen LogP contribution >= 0.6 is 11.6 Å². The number of rotatable bonds is 5. The average Bonchev–Trinajstić information content (AvgIpc) is 2.70. The Morgan fingerprint density at radius 3 is 2.26 bits per heavy atom. The summed E-state index contributed by atoms with van der Waals surface area (Å²) in [7, 11) is 2.85. The maximum absolute atomic E-state index is 12.7. The zero-order chi connectivity index (χ0) is 19.4. The Labute approximate surface area is 161 Å². The molecule has 0 bridgehead atoms. The van der Waals surface area contributed by atoms with Crippen molar-refractivity contribution in [3.05, 3.63) is 87.3 Å². The Kier molecular flexibility index (Phi) is 5.62. The predicted molar refractivity (Wildman–Crippen MR) is 105 cm³/mol. The molecule has 2 aromatic carbocycles. The van der Waals surface area contributed by atoms with E-state index < -0.39 is 11.5 Å². The summed E-state index contributed by atoms with van der Waals surface area (Å²) in [5.41, 5.74) is 2.05. The molecule has 6 heteroatoms. The van der Waals surface area contributed by atoms with Gasteiger partial charge in [0.25, 0.3) is 5.56 Å². The summed E-state index contributed by atoms with van der Waals surface area (Å²) in [5, 5.41) is 0.619. The van der Waals surface area contributed by atoms with Gasteiger partial charge in [0.1, 0.15) is 11.3 Å². The van der Waals surface area contributed by atoms with Crippen molar-refractivity contribution in [3.8, 4) is 16.9 Å². The standard InChI is InChI=1S/C21H18ClNO4/c1-26-18-9-5-15(6-10-18)16-11-19(21(25)27-2)20(24)23(13-16)12-14-3-7-17(22)8-4-14/h3-11,13H,12H2,1-2H3. The molecule has 0 spiro atoms. The van der Waals surface area contributed by atoms with E-state index in [2.05, 4.69) is 0 Å². The number of ether oxygens (including phenoxy) is 2. The zero-order valence-electron chi connectivity index (χ0n) is 14.9. The van der Waals surface area contributed by atoms with Crippen LogP contribution in [0.1, 0.15) is 15.9 Å². The molecule has 3 rings (SSSR count). The summed E-state index contributed by atoms with van der Waals surface area (Å²) < 4.78 is 11.4. The first-order chi connectivity index (χ1) is 13.0. The van der Waals surface area contributed by atoms with Crippen LogP contribution in [0, 0.1) is 0 Å². The smallest absolute Gasteiger partial charge is 0.343 e. The van der Waals surface area contributed by atoms with Crippen molar-refractivity contribution in [3.63, 3.8) is 0 Å². The van der Waals surface area contributed by atoms with E-state index in [1.165, 1.54) is 11.7 Å². The molecule has 0 amide bonds. The van der Waals surface area contributed by atoms with E-state index >= 15 is 0 Å². The van der Waals surface area contributed by atoms with E-state index in [-0.39, 0.29) is 5.56 Å². The topological polar surface area (TPSA) is 57.5 Å². The van der Waals surface area contributed by atoms with Crippen molar-refractivity contribution < 1.29 is 14.3 Å². The number of aromatic nitrogens is 1. The molecule has 0 aliphatic heterocycles. The van der Waals surface area contributed by atoms with Crippen molar-refractivity contribution >= 4 is 17.6 Å². The first kappa shape index (κ1) is 18.7. The quantitative estimate of drug-likeness (QED) is 0.624. The molecule has 138 valence electrons. The number of esters is 1. The number of hydrogen-bond donors (Lipinski definition) is 0. The van der Waals surface area contributed by atoms with Crippen molar-refractivity contribution in [2.75, 3.05) is 14.2 Å². The Morgan fingerprint density at radius 2 is 1.67 bits per heavy atom. The van der Waals surface area contributed by atoms with E-state index in [1.807, 2.05) is 36.4 Å². The Balaban J connectivity index is 2.09. The lowest BCUT2D eigenvalue weighted by molar-refractivity contribution is 0.0598. The first-order valence-electron chi connectivity index (χ1n) is 8.23. The number of nitrogens with zero attached hydrogens (tertiary/aromatic N) is 1. The highest BCUT2D eigenvalue weighted by Gasteiger charge is 2.16. The fourth-order valence-electron chi connectivity index (χ4n) is 2.74. The summed E-state index contributed by atoms with van der Waals surface area (Å²) in [5.74, 6) is 0.0571. The summed E-state index contributed by atoms with van der Waals surface area (Å²) in [6, 6.07) is 16.1. The second-order valence-corrected chi connectivity index (χ2v) is 6.36. The third kappa shape index (κ3) is 4.20. The van der Waals surface area contributed by atoms with Gasteiger partial charge < -0.3 is 14.0 Å². The second-order valence-electron chi connectivity index (χ2n) is 5.92. The number of pyridine rings is 1. The normalized spacial score (nSPS) is 10.5. The summed E-state index contributed by atoms with van der Waals surface area (Å²) in [4.78, 5) is 24.8. The summed E-state index contributed by atoms with van der Waals surface area (Å²) in [6.07, 6.45) is 1.73. The molecule has 3 aromatic rings.